The molecule has 4 heteroatoms. The number of pyridine rings is 2. The lowest BCUT2D eigenvalue weighted by atomic mass is 10.1. The van der Waals surface area contributed by atoms with Crippen LogP contribution in [0.2, 0.25) is 0 Å². The molecule has 2 aromatic rings. The van der Waals surface area contributed by atoms with E-state index in [0.29, 0.717) is 10.9 Å². The summed E-state index contributed by atoms with van der Waals surface area (Å²) in [5, 5.41) is 9.39. The summed E-state index contributed by atoms with van der Waals surface area (Å²) in [7, 11) is 0. The van der Waals surface area contributed by atoms with E-state index in [1.54, 1.807) is 0 Å². The van der Waals surface area contributed by atoms with Crippen molar-refractivity contribution >= 4 is 10.9 Å². The number of nitrogens with zero attached hydrogens (tertiary/aromatic N) is 2. The predicted molar refractivity (Wildman–Crippen MR) is 61.3 cm³/mol. The Kier molecular flexibility index (Phi) is 2.24. The number of hydrogen-bond acceptors (Lipinski definition) is 3. The standard InChI is InChI=1S/C12H11N3O/c1-6-7(2)15-8(3)11-10(6)12(16)9(4-13)5-14-11/h5H,1-3H3,(H,14,16). The minimum absolute atomic E-state index is 0.139. The van der Waals surface area contributed by atoms with E-state index in [2.05, 4.69) is 9.97 Å². The molecule has 4 nitrogen and oxygen atoms in total. The van der Waals surface area contributed by atoms with Gasteiger partial charge in [0.05, 0.1) is 16.6 Å². The maximum atomic E-state index is 12.0. The maximum absolute atomic E-state index is 12.0. The predicted octanol–water partition coefficient (Wildman–Crippen LogP) is 1.72. The van der Waals surface area contributed by atoms with Crippen LogP contribution in [-0.4, -0.2) is 9.97 Å². The van der Waals surface area contributed by atoms with Crippen LogP contribution in [0.1, 0.15) is 22.5 Å². The van der Waals surface area contributed by atoms with Gasteiger partial charge in [-0.2, -0.15) is 5.26 Å². The average Bonchev–Trinajstić information content (AvgIpc) is 2.26. The third-order valence-corrected chi connectivity index (χ3v) is 2.82. The van der Waals surface area contributed by atoms with E-state index in [-0.39, 0.29) is 11.0 Å². The first-order valence-corrected chi connectivity index (χ1v) is 4.95. The van der Waals surface area contributed by atoms with Gasteiger partial charge in [0, 0.05) is 11.9 Å². The Morgan fingerprint density at radius 2 is 2.00 bits per heavy atom. The first kappa shape index (κ1) is 10.4. The summed E-state index contributed by atoms with van der Waals surface area (Å²) in [5.41, 5.74) is 3.07. The fourth-order valence-electron chi connectivity index (χ4n) is 1.83. The molecule has 2 heterocycles. The smallest absolute Gasteiger partial charge is 0.207 e. The number of H-pyrrole nitrogens is 1. The lowest BCUT2D eigenvalue weighted by Gasteiger charge is -2.07. The van der Waals surface area contributed by atoms with Crippen molar-refractivity contribution in [3.8, 4) is 6.07 Å². The highest BCUT2D eigenvalue weighted by Crippen LogP contribution is 2.18. The van der Waals surface area contributed by atoms with Gasteiger partial charge in [0.25, 0.3) is 0 Å². The molecule has 0 aliphatic heterocycles. The van der Waals surface area contributed by atoms with E-state index >= 15 is 0 Å². The van der Waals surface area contributed by atoms with Crippen LogP contribution >= 0.6 is 0 Å². The van der Waals surface area contributed by atoms with Gasteiger partial charge in [-0.3, -0.25) is 9.78 Å². The number of rotatable bonds is 0. The van der Waals surface area contributed by atoms with Crippen LogP contribution in [0, 0.1) is 32.1 Å². The Hall–Kier alpha value is -2.15. The molecule has 0 aliphatic rings. The third-order valence-electron chi connectivity index (χ3n) is 2.82. The number of fused-ring (bicyclic) bond motifs is 1. The number of nitriles is 1. The van der Waals surface area contributed by atoms with Gasteiger partial charge in [-0.25, -0.2) is 0 Å². The summed E-state index contributed by atoms with van der Waals surface area (Å²) >= 11 is 0. The fraction of sp³-hybridized carbons (Fsp3) is 0.250. The molecule has 0 fully saturated rings. The monoisotopic (exact) mass is 213 g/mol. The van der Waals surface area contributed by atoms with Gasteiger partial charge < -0.3 is 4.98 Å². The molecule has 0 spiro atoms. The van der Waals surface area contributed by atoms with Crippen LogP contribution in [-0.2, 0) is 0 Å². The van der Waals surface area contributed by atoms with E-state index in [9.17, 15) is 4.79 Å². The van der Waals surface area contributed by atoms with Crippen molar-refractivity contribution in [2.24, 2.45) is 0 Å². The molecule has 0 saturated carbocycles. The van der Waals surface area contributed by atoms with Crippen LogP contribution in [0.3, 0.4) is 0 Å². The highest BCUT2D eigenvalue weighted by molar-refractivity contribution is 5.85. The first-order valence-electron chi connectivity index (χ1n) is 4.95. The quantitative estimate of drug-likeness (QED) is 0.724. The van der Waals surface area contributed by atoms with Crippen LogP contribution in [0.5, 0.6) is 0 Å². The molecular weight excluding hydrogens is 202 g/mol. The van der Waals surface area contributed by atoms with Gasteiger partial charge in [-0.15, -0.1) is 0 Å². The summed E-state index contributed by atoms with van der Waals surface area (Å²) in [5.74, 6) is 0. The van der Waals surface area contributed by atoms with Crippen LogP contribution < -0.4 is 5.43 Å². The second-order valence-corrected chi connectivity index (χ2v) is 3.80. The van der Waals surface area contributed by atoms with Gasteiger partial charge in [0.2, 0.25) is 5.43 Å². The van der Waals surface area contributed by atoms with E-state index in [4.69, 9.17) is 5.26 Å². The molecule has 2 rings (SSSR count). The molecule has 1 N–H and O–H groups in total. The maximum Gasteiger partial charge on any atom is 0.207 e. The molecule has 0 saturated heterocycles. The Balaban J connectivity index is 3.10. The zero-order valence-corrected chi connectivity index (χ0v) is 9.38. The number of hydrogen-bond donors (Lipinski definition) is 1. The van der Waals surface area contributed by atoms with Crippen molar-refractivity contribution in [1.82, 2.24) is 9.97 Å². The molecular formula is C12H11N3O. The largest absolute Gasteiger partial charge is 0.358 e. The fourth-order valence-corrected chi connectivity index (χ4v) is 1.83. The molecule has 80 valence electrons. The van der Waals surface area contributed by atoms with Crippen LogP contribution in [0.25, 0.3) is 10.9 Å². The van der Waals surface area contributed by atoms with Crippen molar-refractivity contribution in [3.05, 3.63) is 38.9 Å². The number of aromatic nitrogens is 2. The summed E-state index contributed by atoms with van der Waals surface area (Å²) in [6.07, 6.45) is 1.44. The summed E-state index contributed by atoms with van der Waals surface area (Å²) < 4.78 is 0. The molecule has 0 atom stereocenters. The van der Waals surface area contributed by atoms with Gasteiger partial charge in [-0.05, 0) is 26.3 Å². The minimum Gasteiger partial charge on any atom is -0.358 e. The minimum atomic E-state index is -0.220. The Morgan fingerprint density at radius 1 is 1.31 bits per heavy atom. The second kappa shape index (κ2) is 3.46. The highest BCUT2D eigenvalue weighted by Gasteiger charge is 2.11. The van der Waals surface area contributed by atoms with Crippen molar-refractivity contribution in [2.45, 2.75) is 20.8 Å². The molecule has 0 bridgehead atoms. The molecule has 0 aliphatic carbocycles. The molecule has 16 heavy (non-hydrogen) atoms. The summed E-state index contributed by atoms with van der Waals surface area (Å²) in [6.45, 7) is 5.55. The number of aryl methyl sites for hydroxylation is 3. The SMILES string of the molecule is Cc1nc(C)c2[nH]cc(C#N)c(=O)c2c1C. The molecule has 0 amide bonds. The number of nitrogens with one attached hydrogen (secondary N) is 1. The Morgan fingerprint density at radius 3 is 2.62 bits per heavy atom. The Labute approximate surface area is 92.6 Å². The van der Waals surface area contributed by atoms with Crippen LogP contribution in [0.15, 0.2) is 11.0 Å². The molecule has 0 unspecified atom stereocenters. The second-order valence-electron chi connectivity index (χ2n) is 3.80. The number of aromatic amines is 1. The molecule has 0 aromatic carbocycles. The van der Waals surface area contributed by atoms with E-state index < -0.39 is 0 Å². The van der Waals surface area contributed by atoms with Crippen molar-refractivity contribution in [1.29, 1.82) is 5.26 Å². The first-order chi connectivity index (χ1) is 7.56. The van der Waals surface area contributed by atoms with Crippen molar-refractivity contribution in [2.75, 3.05) is 0 Å². The molecule has 2 aromatic heterocycles. The van der Waals surface area contributed by atoms with Crippen LogP contribution in [0.4, 0.5) is 0 Å². The summed E-state index contributed by atoms with van der Waals surface area (Å²) in [6, 6.07) is 1.89. The van der Waals surface area contributed by atoms with E-state index in [1.807, 2.05) is 26.8 Å². The lowest BCUT2D eigenvalue weighted by molar-refractivity contribution is 1.10. The Bertz CT molecular complexity index is 677. The average molecular weight is 213 g/mol. The highest BCUT2D eigenvalue weighted by atomic mass is 16.1. The lowest BCUT2D eigenvalue weighted by Crippen LogP contribution is -2.11. The van der Waals surface area contributed by atoms with Crippen molar-refractivity contribution in [3.63, 3.8) is 0 Å². The van der Waals surface area contributed by atoms with E-state index in [0.717, 1.165) is 17.0 Å². The third kappa shape index (κ3) is 1.29. The zero-order chi connectivity index (χ0) is 11.9. The summed E-state index contributed by atoms with van der Waals surface area (Å²) in [4.78, 5) is 19.3. The molecule has 0 radical (unpaired) electrons. The topological polar surface area (TPSA) is 69.5 Å². The van der Waals surface area contributed by atoms with E-state index in [1.165, 1.54) is 6.20 Å². The van der Waals surface area contributed by atoms with Gasteiger partial charge >= 0.3 is 0 Å². The van der Waals surface area contributed by atoms with Gasteiger partial charge in [0.15, 0.2) is 0 Å². The normalized spacial score (nSPS) is 10.4. The van der Waals surface area contributed by atoms with Gasteiger partial charge in [-0.1, -0.05) is 0 Å². The zero-order valence-electron chi connectivity index (χ0n) is 9.38. The van der Waals surface area contributed by atoms with Gasteiger partial charge in [0.1, 0.15) is 11.6 Å². The van der Waals surface area contributed by atoms with Crippen molar-refractivity contribution < 1.29 is 0 Å².